The molecule has 0 bridgehead atoms. The summed E-state index contributed by atoms with van der Waals surface area (Å²) in [7, 11) is 1.64. The largest absolute Gasteiger partial charge is 0.497 e. The summed E-state index contributed by atoms with van der Waals surface area (Å²) in [6, 6.07) is 9.90. The van der Waals surface area contributed by atoms with E-state index in [1.165, 1.54) is 6.42 Å². The molecule has 5 heteroatoms. The van der Waals surface area contributed by atoms with Crippen molar-refractivity contribution in [1.82, 2.24) is 14.7 Å². The van der Waals surface area contributed by atoms with Crippen molar-refractivity contribution in [1.29, 1.82) is 0 Å². The van der Waals surface area contributed by atoms with Crippen LogP contribution in [0.4, 0.5) is 0 Å². The van der Waals surface area contributed by atoms with Crippen LogP contribution >= 0.6 is 0 Å². The van der Waals surface area contributed by atoms with Gasteiger partial charge in [0.05, 0.1) is 26.1 Å². The van der Waals surface area contributed by atoms with Crippen LogP contribution in [-0.4, -0.2) is 40.3 Å². The molecule has 122 valence electrons. The minimum absolute atomic E-state index is 0.190. The van der Waals surface area contributed by atoms with Crippen LogP contribution in [0.25, 0.3) is 0 Å². The molecule has 0 unspecified atom stereocenters. The van der Waals surface area contributed by atoms with Crippen molar-refractivity contribution in [3.8, 4) is 5.75 Å². The maximum Gasteiger partial charge on any atom is 0.227 e. The van der Waals surface area contributed by atoms with Crippen molar-refractivity contribution in [3.05, 3.63) is 48.3 Å². The zero-order valence-corrected chi connectivity index (χ0v) is 13.5. The number of amides is 1. The second kappa shape index (κ2) is 7.31. The summed E-state index contributed by atoms with van der Waals surface area (Å²) in [5, 5.41) is 4.27. The molecule has 2 heterocycles. The van der Waals surface area contributed by atoms with Gasteiger partial charge in [-0.3, -0.25) is 9.48 Å². The van der Waals surface area contributed by atoms with Gasteiger partial charge < -0.3 is 9.64 Å². The Hall–Kier alpha value is -2.30. The minimum atomic E-state index is 0.190. The van der Waals surface area contributed by atoms with Gasteiger partial charge in [-0.05, 0) is 43.0 Å². The average molecular weight is 313 g/mol. The van der Waals surface area contributed by atoms with E-state index in [4.69, 9.17) is 4.74 Å². The molecular formula is C18H23N3O2. The topological polar surface area (TPSA) is 47.4 Å². The zero-order chi connectivity index (χ0) is 16.1. The van der Waals surface area contributed by atoms with Gasteiger partial charge >= 0.3 is 0 Å². The summed E-state index contributed by atoms with van der Waals surface area (Å²) >= 11 is 0. The van der Waals surface area contributed by atoms with Gasteiger partial charge in [0, 0.05) is 18.9 Å². The van der Waals surface area contributed by atoms with Gasteiger partial charge in [-0.15, -0.1) is 0 Å². The molecule has 0 N–H and O–H groups in total. The third-order valence-electron chi connectivity index (χ3n) is 4.39. The van der Waals surface area contributed by atoms with E-state index in [-0.39, 0.29) is 11.9 Å². The number of hydrogen-bond donors (Lipinski definition) is 0. The smallest absolute Gasteiger partial charge is 0.227 e. The van der Waals surface area contributed by atoms with Crippen molar-refractivity contribution in [2.24, 2.45) is 0 Å². The number of hydrogen-bond acceptors (Lipinski definition) is 3. The van der Waals surface area contributed by atoms with Crippen LogP contribution in [0.2, 0.25) is 0 Å². The fraction of sp³-hybridized carbons (Fsp3) is 0.444. The van der Waals surface area contributed by atoms with E-state index in [0.29, 0.717) is 6.42 Å². The number of aromatic nitrogens is 2. The molecule has 1 aliphatic rings. The first kappa shape index (κ1) is 15.6. The van der Waals surface area contributed by atoms with Crippen molar-refractivity contribution in [3.63, 3.8) is 0 Å². The van der Waals surface area contributed by atoms with E-state index in [1.807, 2.05) is 46.1 Å². The van der Waals surface area contributed by atoms with E-state index in [1.54, 1.807) is 13.3 Å². The van der Waals surface area contributed by atoms with Gasteiger partial charge in [0.15, 0.2) is 0 Å². The summed E-state index contributed by atoms with van der Waals surface area (Å²) in [4.78, 5) is 14.8. The summed E-state index contributed by atoms with van der Waals surface area (Å²) in [6.45, 7) is 1.62. The van der Waals surface area contributed by atoms with Crippen LogP contribution in [0.5, 0.6) is 5.75 Å². The molecule has 1 aromatic heterocycles. The first-order valence-electron chi connectivity index (χ1n) is 8.16. The van der Waals surface area contributed by atoms with E-state index in [2.05, 4.69) is 5.10 Å². The Bertz CT molecular complexity index is 639. The Kier molecular flexibility index (Phi) is 4.95. The van der Waals surface area contributed by atoms with Gasteiger partial charge in [-0.25, -0.2) is 0 Å². The number of carbonyl (C=O) groups excluding carboxylic acids is 1. The Morgan fingerprint density at radius 3 is 3.04 bits per heavy atom. The first-order chi connectivity index (χ1) is 11.3. The molecule has 3 rings (SSSR count). The average Bonchev–Trinajstić information content (AvgIpc) is 3.08. The third kappa shape index (κ3) is 3.92. The van der Waals surface area contributed by atoms with Crippen LogP contribution in [0.3, 0.4) is 0 Å². The summed E-state index contributed by atoms with van der Waals surface area (Å²) < 4.78 is 7.16. The van der Waals surface area contributed by atoms with Gasteiger partial charge in [-0.2, -0.15) is 5.10 Å². The van der Waals surface area contributed by atoms with Crippen molar-refractivity contribution >= 4 is 5.91 Å². The summed E-state index contributed by atoms with van der Waals surface area (Å²) in [5.74, 6) is 0.983. The fourth-order valence-electron chi connectivity index (χ4n) is 3.20. The Balaban J connectivity index is 1.68. The Morgan fingerprint density at radius 1 is 1.35 bits per heavy atom. The molecule has 1 saturated heterocycles. The van der Waals surface area contributed by atoms with Crippen molar-refractivity contribution < 1.29 is 9.53 Å². The SMILES string of the molecule is COc1cccc(CC(=O)N2CCCC[C@@H]2Cn2cccn2)c1. The number of piperidine rings is 1. The molecule has 1 amide bonds. The lowest BCUT2D eigenvalue weighted by molar-refractivity contribution is -0.134. The minimum Gasteiger partial charge on any atom is -0.497 e. The number of ether oxygens (including phenoxy) is 1. The highest BCUT2D eigenvalue weighted by molar-refractivity contribution is 5.79. The number of likely N-dealkylation sites (tertiary alicyclic amines) is 1. The molecule has 1 aromatic carbocycles. The van der Waals surface area contributed by atoms with Gasteiger partial charge in [0.2, 0.25) is 5.91 Å². The number of benzene rings is 1. The molecule has 0 radical (unpaired) electrons. The highest BCUT2D eigenvalue weighted by Gasteiger charge is 2.27. The number of methoxy groups -OCH3 is 1. The highest BCUT2D eigenvalue weighted by atomic mass is 16.5. The second-order valence-corrected chi connectivity index (χ2v) is 5.99. The highest BCUT2D eigenvalue weighted by Crippen LogP contribution is 2.21. The summed E-state index contributed by atoms with van der Waals surface area (Å²) in [6.07, 6.45) is 7.47. The van der Waals surface area contributed by atoms with Crippen LogP contribution < -0.4 is 4.74 Å². The fourth-order valence-corrected chi connectivity index (χ4v) is 3.20. The predicted molar refractivity (Wildman–Crippen MR) is 88.3 cm³/mol. The lowest BCUT2D eigenvalue weighted by Gasteiger charge is -2.36. The maximum absolute atomic E-state index is 12.8. The van der Waals surface area contributed by atoms with Crippen LogP contribution in [0, 0.1) is 0 Å². The molecule has 5 nitrogen and oxygen atoms in total. The molecule has 0 saturated carbocycles. The van der Waals surface area contributed by atoms with E-state index < -0.39 is 0 Å². The molecule has 1 fully saturated rings. The normalized spacial score (nSPS) is 18.0. The molecule has 23 heavy (non-hydrogen) atoms. The van der Waals surface area contributed by atoms with Gasteiger partial charge in [0.25, 0.3) is 0 Å². The standard InChI is InChI=1S/C18H23N3O2/c1-23-17-8-4-6-15(12-17)13-18(22)21-11-3-2-7-16(21)14-20-10-5-9-19-20/h4-6,8-10,12,16H,2-3,7,11,13-14H2,1H3/t16-/m1/s1. The zero-order valence-electron chi connectivity index (χ0n) is 13.5. The quantitative estimate of drug-likeness (QED) is 0.852. The van der Waals surface area contributed by atoms with Gasteiger partial charge in [0.1, 0.15) is 5.75 Å². The molecule has 1 aliphatic heterocycles. The first-order valence-corrected chi connectivity index (χ1v) is 8.16. The van der Waals surface area contributed by atoms with Crippen molar-refractivity contribution in [2.45, 2.75) is 38.3 Å². The van der Waals surface area contributed by atoms with Crippen molar-refractivity contribution in [2.75, 3.05) is 13.7 Å². The van der Waals surface area contributed by atoms with E-state index in [9.17, 15) is 4.79 Å². The van der Waals surface area contributed by atoms with Gasteiger partial charge in [-0.1, -0.05) is 12.1 Å². The number of carbonyl (C=O) groups is 1. The molecule has 1 atom stereocenters. The lowest BCUT2D eigenvalue weighted by atomic mass is 10.0. The van der Waals surface area contributed by atoms with Crippen LogP contribution in [-0.2, 0) is 17.8 Å². The maximum atomic E-state index is 12.8. The number of rotatable bonds is 5. The van der Waals surface area contributed by atoms with E-state index in [0.717, 1.165) is 37.2 Å². The monoisotopic (exact) mass is 313 g/mol. The Labute approximate surface area is 136 Å². The second-order valence-electron chi connectivity index (χ2n) is 5.99. The Morgan fingerprint density at radius 2 is 2.26 bits per heavy atom. The predicted octanol–water partition coefficient (Wildman–Crippen LogP) is 2.52. The molecule has 0 aliphatic carbocycles. The molecule has 0 spiro atoms. The summed E-state index contributed by atoms with van der Waals surface area (Å²) in [5.41, 5.74) is 0.998. The molecular weight excluding hydrogens is 290 g/mol. The third-order valence-corrected chi connectivity index (χ3v) is 4.39. The molecule has 2 aromatic rings. The van der Waals surface area contributed by atoms with E-state index >= 15 is 0 Å². The van der Waals surface area contributed by atoms with Crippen LogP contribution in [0.1, 0.15) is 24.8 Å². The lowest BCUT2D eigenvalue weighted by Crippen LogP contribution is -2.46. The van der Waals surface area contributed by atoms with Crippen LogP contribution in [0.15, 0.2) is 42.7 Å². The number of nitrogens with zero attached hydrogens (tertiary/aromatic N) is 3.